The highest BCUT2D eigenvalue weighted by atomic mass is 19.1. The Bertz CT molecular complexity index is 1090. The Balaban J connectivity index is 1.29. The zero-order valence-corrected chi connectivity index (χ0v) is 17.4. The highest BCUT2D eigenvalue weighted by Crippen LogP contribution is 2.20. The number of hydrogen-bond donors (Lipinski definition) is 1. The van der Waals surface area contributed by atoms with Crippen molar-refractivity contribution in [2.75, 3.05) is 26.3 Å². The van der Waals surface area contributed by atoms with Gasteiger partial charge in [-0.15, -0.1) is 0 Å². The Hall–Kier alpha value is -3.19. The first-order valence-corrected chi connectivity index (χ1v) is 10.4. The fourth-order valence-electron chi connectivity index (χ4n) is 3.85. The van der Waals surface area contributed by atoms with Crippen molar-refractivity contribution < 1.29 is 23.5 Å². The number of carbonyl (C=O) groups is 2. The van der Waals surface area contributed by atoms with Crippen molar-refractivity contribution in [1.82, 2.24) is 9.88 Å². The van der Waals surface area contributed by atoms with Gasteiger partial charge in [0.2, 0.25) is 5.91 Å². The van der Waals surface area contributed by atoms with E-state index in [4.69, 9.17) is 9.47 Å². The minimum absolute atomic E-state index is 0.0354. The second-order valence-corrected chi connectivity index (χ2v) is 7.70. The summed E-state index contributed by atoms with van der Waals surface area (Å²) in [6.07, 6.45) is 2.77. The van der Waals surface area contributed by atoms with E-state index in [2.05, 4.69) is 11.1 Å². The smallest absolute Gasteiger partial charge is 0.223 e. The number of H-pyrrole nitrogens is 1. The highest BCUT2D eigenvalue weighted by Gasteiger charge is 2.25. The summed E-state index contributed by atoms with van der Waals surface area (Å²) in [5.74, 6) is -0.533. The number of aromatic nitrogens is 1. The topological polar surface area (TPSA) is 71.6 Å². The molecule has 1 unspecified atom stereocenters. The van der Waals surface area contributed by atoms with Crippen molar-refractivity contribution in [2.45, 2.75) is 25.9 Å². The maximum absolute atomic E-state index is 13.9. The molecule has 1 saturated heterocycles. The fraction of sp³-hybridized carbons (Fsp3) is 0.333. The van der Waals surface area contributed by atoms with Crippen LogP contribution in [0.4, 0.5) is 4.39 Å². The average molecular weight is 424 g/mol. The van der Waals surface area contributed by atoms with E-state index in [0.29, 0.717) is 38.3 Å². The standard InChI is InChI=1S/C24H25FN2O4/c1-16(28)20-8-7-18(12-22(20)25)31-15-19-14-27(10-11-30-19)24(29)9-6-17-13-26-23-5-3-2-4-21(17)23/h2-5,7-8,12-13,19,26H,6,9-11,14-15H2,1H3. The summed E-state index contributed by atoms with van der Waals surface area (Å²) < 4.78 is 25.3. The molecule has 0 saturated carbocycles. The number of nitrogens with zero attached hydrogens (tertiary/aromatic N) is 1. The summed E-state index contributed by atoms with van der Waals surface area (Å²) in [6.45, 7) is 2.93. The van der Waals surface area contributed by atoms with Crippen LogP contribution in [0.1, 0.15) is 29.3 Å². The number of nitrogens with one attached hydrogen (secondary N) is 1. The van der Waals surface area contributed by atoms with E-state index in [-0.39, 0.29) is 30.0 Å². The average Bonchev–Trinajstić information content (AvgIpc) is 3.19. The van der Waals surface area contributed by atoms with Crippen LogP contribution in [0.5, 0.6) is 5.75 Å². The summed E-state index contributed by atoms with van der Waals surface area (Å²) in [5, 5.41) is 1.14. The quantitative estimate of drug-likeness (QED) is 0.587. The van der Waals surface area contributed by atoms with Crippen LogP contribution >= 0.6 is 0 Å². The third kappa shape index (κ3) is 4.94. The van der Waals surface area contributed by atoms with Gasteiger partial charge in [-0.3, -0.25) is 9.59 Å². The number of fused-ring (bicyclic) bond motifs is 1. The first kappa shape index (κ1) is 21.1. The number of rotatable bonds is 7. The Kier molecular flexibility index (Phi) is 6.32. The summed E-state index contributed by atoms with van der Waals surface area (Å²) in [6, 6.07) is 12.2. The molecule has 1 aliphatic heterocycles. The van der Waals surface area contributed by atoms with E-state index in [0.717, 1.165) is 16.5 Å². The first-order chi connectivity index (χ1) is 15.0. The van der Waals surface area contributed by atoms with Gasteiger partial charge in [0.15, 0.2) is 5.78 Å². The van der Waals surface area contributed by atoms with Gasteiger partial charge in [-0.05, 0) is 37.1 Å². The van der Waals surface area contributed by atoms with E-state index in [1.165, 1.54) is 19.1 Å². The molecule has 6 nitrogen and oxygen atoms in total. The van der Waals surface area contributed by atoms with Crippen molar-refractivity contribution in [3.63, 3.8) is 0 Å². The van der Waals surface area contributed by atoms with E-state index in [9.17, 15) is 14.0 Å². The highest BCUT2D eigenvalue weighted by molar-refractivity contribution is 5.94. The molecule has 31 heavy (non-hydrogen) atoms. The molecule has 0 spiro atoms. The van der Waals surface area contributed by atoms with Crippen LogP contribution in [0.15, 0.2) is 48.7 Å². The minimum atomic E-state index is -0.608. The molecule has 2 aromatic carbocycles. The molecule has 1 N–H and O–H groups in total. The number of ketones is 1. The lowest BCUT2D eigenvalue weighted by Gasteiger charge is -2.33. The van der Waals surface area contributed by atoms with Gasteiger partial charge in [-0.1, -0.05) is 18.2 Å². The fourth-order valence-corrected chi connectivity index (χ4v) is 3.85. The zero-order chi connectivity index (χ0) is 21.8. The number of hydrogen-bond acceptors (Lipinski definition) is 4. The number of ether oxygens (including phenoxy) is 2. The van der Waals surface area contributed by atoms with Crippen LogP contribution in [-0.2, 0) is 16.0 Å². The maximum atomic E-state index is 13.9. The number of amides is 1. The van der Waals surface area contributed by atoms with Crippen LogP contribution in [0, 0.1) is 5.82 Å². The molecule has 0 radical (unpaired) electrons. The maximum Gasteiger partial charge on any atom is 0.223 e. The normalized spacial score (nSPS) is 16.5. The number of aromatic amines is 1. The monoisotopic (exact) mass is 424 g/mol. The van der Waals surface area contributed by atoms with Crippen molar-refractivity contribution in [2.24, 2.45) is 0 Å². The Labute approximate surface area is 179 Å². The van der Waals surface area contributed by atoms with Gasteiger partial charge in [0.05, 0.1) is 18.7 Å². The van der Waals surface area contributed by atoms with E-state index >= 15 is 0 Å². The minimum Gasteiger partial charge on any atom is -0.491 e. The summed E-state index contributed by atoms with van der Waals surface area (Å²) in [7, 11) is 0. The van der Waals surface area contributed by atoms with Crippen molar-refractivity contribution in [3.8, 4) is 5.75 Å². The largest absolute Gasteiger partial charge is 0.491 e. The van der Waals surface area contributed by atoms with Gasteiger partial charge in [-0.25, -0.2) is 4.39 Å². The zero-order valence-electron chi connectivity index (χ0n) is 17.4. The molecule has 0 bridgehead atoms. The van der Waals surface area contributed by atoms with Gasteiger partial charge in [0.25, 0.3) is 0 Å². The van der Waals surface area contributed by atoms with Crippen LogP contribution in [0.3, 0.4) is 0 Å². The predicted octanol–water partition coefficient (Wildman–Crippen LogP) is 3.75. The number of halogens is 1. The van der Waals surface area contributed by atoms with Gasteiger partial charge in [0.1, 0.15) is 24.3 Å². The second-order valence-electron chi connectivity index (χ2n) is 7.70. The number of para-hydroxylation sites is 1. The van der Waals surface area contributed by atoms with Crippen molar-refractivity contribution >= 4 is 22.6 Å². The summed E-state index contributed by atoms with van der Waals surface area (Å²) in [4.78, 5) is 29.1. The molecule has 2 heterocycles. The molecular formula is C24H25FN2O4. The molecule has 162 valence electrons. The van der Waals surface area contributed by atoms with Crippen LogP contribution in [0.25, 0.3) is 10.9 Å². The van der Waals surface area contributed by atoms with Gasteiger partial charge < -0.3 is 19.4 Å². The number of morpholine rings is 1. The second kappa shape index (κ2) is 9.31. The van der Waals surface area contributed by atoms with Gasteiger partial charge >= 0.3 is 0 Å². The van der Waals surface area contributed by atoms with E-state index < -0.39 is 5.82 Å². The van der Waals surface area contributed by atoms with Gasteiger partial charge in [0, 0.05) is 36.1 Å². The van der Waals surface area contributed by atoms with Gasteiger partial charge in [-0.2, -0.15) is 0 Å². The third-order valence-electron chi connectivity index (χ3n) is 5.53. The molecule has 4 rings (SSSR count). The number of Topliss-reactive ketones (excluding diaryl/α,β-unsaturated/α-hetero) is 1. The number of aryl methyl sites for hydroxylation is 1. The lowest BCUT2D eigenvalue weighted by atomic mass is 10.1. The number of benzene rings is 2. The molecule has 7 heteroatoms. The lowest BCUT2D eigenvalue weighted by molar-refractivity contribution is -0.139. The molecular weight excluding hydrogens is 399 g/mol. The van der Waals surface area contributed by atoms with E-state index in [1.54, 1.807) is 11.0 Å². The van der Waals surface area contributed by atoms with Crippen LogP contribution in [-0.4, -0.2) is 54.0 Å². The Morgan fingerprint density at radius 3 is 2.90 bits per heavy atom. The lowest BCUT2D eigenvalue weighted by Crippen LogP contribution is -2.47. The molecule has 1 atom stereocenters. The van der Waals surface area contributed by atoms with E-state index in [1.807, 2.05) is 24.4 Å². The third-order valence-corrected chi connectivity index (χ3v) is 5.53. The van der Waals surface area contributed by atoms with Crippen LogP contribution < -0.4 is 4.74 Å². The molecule has 3 aromatic rings. The number of carbonyl (C=O) groups excluding carboxylic acids is 2. The summed E-state index contributed by atoms with van der Waals surface area (Å²) in [5.41, 5.74) is 2.24. The van der Waals surface area contributed by atoms with Crippen molar-refractivity contribution in [1.29, 1.82) is 0 Å². The first-order valence-electron chi connectivity index (χ1n) is 10.4. The molecule has 0 aliphatic carbocycles. The molecule has 1 fully saturated rings. The van der Waals surface area contributed by atoms with Crippen molar-refractivity contribution in [3.05, 3.63) is 65.6 Å². The Morgan fingerprint density at radius 1 is 1.26 bits per heavy atom. The molecule has 1 amide bonds. The summed E-state index contributed by atoms with van der Waals surface area (Å²) >= 11 is 0. The SMILES string of the molecule is CC(=O)c1ccc(OCC2CN(C(=O)CCc3c[nH]c4ccccc34)CCO2)cc1F. The molecule has 1 aliphatic rings. The molecule has 1 aromatic heterocycles. The van der Waals surface area contributed by atoms with Crippen LogP contribution in [0.2, 0.25) is 0 Å². The Morgan fingerprint density at radius 2 is 2.10 bits per heavy atom. The predicted molar refractivity (Wildman–Crippen MR) is 115 cm³/mol.